The van der Waals surface area contributed by atoms with Crippen LogP contribution < -0.4 is 10.2 Å². The first kappa shape index (κ1) is 13.4. The number of ether oxygens (including phenoxy) is 1. The summed E-state index contributed by atoms with van der Waals surface area (Å²) in [7, 11) is 1.98. The van der Waals surface area contributed by atoms with Crippen molar-refractivity contribution in [2.24, 2.45) is 0 Å². The van der Waals surface area contributed by atoms with Crippen molar-refractivity contribution in [2.45, 2.75) is 39.5 Å². The van der Waals surface area contributed by atoms with Gasteiger partial charge < -0.3 is 15.0 Å². The van der Waals surface area contributed by atoms with Crippen LogP contribution in [0.1, 0.15) is 25.0 Å². The third kappa shape index (κ3) is 2.85. The van der Waals surface area contributed by atoms with E-state index in [0.29, 0.717) is 12.1 Å². The highest BCUT2D eigenvalue weighted by molar-refractivity contribution is 5.55. The number of nitrogens with zero attached hydrogens (tertiary/aromatic N) is 1. The van der Waals surface area contributed by atoms with Crippen molar-refractivity contribution in [3.63, 3.8) is 0 Å². The van der Waals surface area contributed by atoms with Crippen molar-refractivity contribution in [3.8, 4) is 0 Å². The molecule has 3 nitrogen and oxygen atoms in total. The quantitative estimate of drug-likeness (QED) is 0.888. The van der Waals surface area contributed by atoms with E-state index in [1.54, 1.807) is 0 Å². The van der Waals surface area contributed by atoms with Crippen LogP contribution in [-0.4, -0.2) is 32.3 Å². The van der Waals surface area contributed by atoms with Crippen LogP contribution in [0.2, 0.25) is 0 Å². The predicted octanol–water partition coefficient (Wildman–Crippen LogP) is 2.33. The summed E-state index contributed by atoms with van der Waals surface area (Å²) >= 11 is 0. The molecule has 1 aliphatic rings. The molecule has 2 rings (SSSR count). The summed E-state index contributed by atoms with van der Waals surface area (Å²) in [5.41, 5.74) is 4.04. The van der Waals surface area contributed by atoms with E-state index in [0.717, 1.165) is 19.7 Å². The van der Waals surface area contributed by atoms with Crippen molar-refractivity contribution in [1.29, 1.82) is 0 Å². The molecule has 0 spiro atoms. The van der Waals surface area contributed by atoms with Crippen LogP contribution in [0.15, 0.2) is 18.2 Å². The molecule has 1 aromatic rings. The Labute approximate surface area is 110 Å². The minimum atomic E-state index is 0.317. The third-order valence-corrected chi connectivity index (χ3v) is 3.56. The fraction of sp³-hybridized carbons (Fsp3) is 0.600. The number of anilines is 1. The molecule has 0 aromatic heterocycles. The molecule has 3 heteroatoms. The molecule has 1 aliphatic heterocycles. The fourth-order valence-corrected chi connectivity index (χ4v) is 2.59. The highest BCUT2D eigenvalue weighted by atomic mass is 16.5. The van der Waals surface area contributed by atoms with Gasteiger partial charge in [-0.05, 0) is 45.0 Å². The van der Waals surface area contributed by atoms with Gasteiger partial charge in [0.25, 0.3) is 0 Å². The largest absolute Gasteiger partial charge is 0.375 e. The molecule has 1 N–H and O–H groups in total. The zero-order valence-corrected chi connectivity index (χ0v) is 11.9. The molecular formula is C15H24N2O. The van der Waals surface area contributed by atoms with Crippen molar-refractivity contribution in [1.82, 2.24) is 5.32 Å². The lowest BCUT2D eigenvalue weighted by molar-refractivity contribution is 0.0343. The molecule has 0 aliphatic carbocycles. The standard InChI is InChI=1S/C15H24N2O/c1-11-7-14(8-16-4)5-6-15(11)17-9-13(3)18-10-12(17)2/h5-7,12-13,16H,8-10H2,1-4H3. The van der Waals surface area contributed by atoms with Gasteiger partial charge >= 0.3 is 0 Å². The van der Waals surface area contributed by atoms with Gasteiger partial charge in [0.05, 0.1) is 12.7 Å². The Kier molecular flexibility index (Phi) is 4.25. The average molecular weight is 248 g/mol. The first-order valence-corrected chi connectivity index (χ1v) is 6.74. The molecule has 1 aromatic carbocycles. The Hall–Kier alpha value is -1.06. The van der Waals surface area contributed by atoms with E-state index < -0.39 is 0 Å². The summed E-state index contributed by atoms with van der Waals surface area (Å²) in [6.45, 7) is 9.29. The van der Waals surface area contributed by atoms with E-state index in [-0.39, 0.29) is 0 Å². The van der Waals surface area contributed by atoms with Crippen LogP contribution in [0.4, 0.5) is 5.69 Å². The first-order valence-electron chi connectivity index (χ1n) is 6.74. The minimum Gasteiger partial charge on any atom is -0.375 e. The van der Waals surface area contributed by atoms with Crippen molar-refractivity contribution < 1.29 is 4.74 Å². The van der Waals surface area contributed by atoms with Gasteiger partial charge in [0.1, 0.15) is 0 Å². The number of hydrogen-bond acceptors (Lipinski definition) is 3. The van der Waals surface area contributed by atoms with Crippen molar-refractivity contribution in [3.05, 3.63) is 29.3 Å². The molecule has 0 amide bonds. The Morgan fingerprint density at radius 1 is 1.39 bits per heavy atom. The summed E-state index contributed by atoms with van der Waals surface area (Å²) in [5.74, 6) is 0. The predicted molar refractivity (Wildman–Crippen MR) is 76.2 cm³/mol. The summed E-state index contributed by atoms with van der Waals surface area (Å²) in [6, 6.07) is 7.19. The molecule has 0 saturated carbocycles. The molecule has 100 valence electrons. The van der Waals surface area contributed by atoms with E-state index in [2.05, 4.69) is 49.2 Å². The maximum absolute atomic E-state index is 5.69. The van der Waals surface area contributed by atoms with Gasteiger partial charge in [0.2, 0.25) is 0 Å². The van der Waals surface area contributed by atoms with Crippen LogP contribution in [-0.2, 0) is 11.3 Å². The van der Waals surface area contributed by atoms with Gasteiger partial charge in [0.15, 0.2) is 0 Å². The summed E-state index contributed by atoms with van der Waals surface area (Å²) in [6.07, 6.45) is 0.317. The Bertz CT molecular complexity index is 405. The van der Waals surface area contributed by atoms with Gasteiger partial charge in [-0.3, -0.25) is 0 Å². The highest BCUT2D eigenvalue weighted by Crippen LogP contribution is 2.26. The monoisotopic (exact) mass is 248 g/mol. The second kappa shape index (κ2) is 5.72. The second-order valence-electron chi connectivity index (χ2n) is 5.30. The molecule has 1 heterocycles. The van der Waals surface area contributed by atoms with Crippen LogP contribution >= 0.6 is 0 Å². The average Bonchev–Trinajstić information content (AvgIpc) is 2.33. The number of rotatable bonds is 3. The summed E-state index contributed by atoms with van der Waals surface area (Å²) < 4.78 is 5.69. The van der Waals surface area contributed by atoms with Gasteiger partial charge in [-0.25, -0.2) is 0 Å². The Morgan fingerprint density at radius 2 is 2.17 bits per heavy atom. The number of aryl methyl sites for hydroxylation is 1. The SMILES string of the molecule is CNCc1ccc(N2CC(C)OCC2C)c(C)c1. The summed E-state index contributed by atoms with van der Waals surface area (Å²) in [4.78, 5) is 2.46. The molecule has 1 saturated heterocycles. The maximum atomic E-state index is 5.69. The van der Waals surface area contributed by atoms with E-state index in [4.69, 9.17) is 4.74 Å². The second-order valence-corrected chi connectivity index (χ2v) is 5.30. The lowest BCUT2D eigenvalue weighted by Crippen LogP contribution is -2.47. The van der Waals surface area contributed by atoms with Crippen LogP contribution in [0.3, 0.4) is 0 Å². The number of nitrogens with one attached hydrogen (secondary N) is 1. The van der Waals surface area contributed by atoms with E-state index in [9.17, 15) is 0 Å². The van der Waals surface area contributed by atoms with Crippen molar-refractivity contribution in [2.75, 3.05) is 25.1 Å². The van der Waals surface area contributed by atoms with Crippen LogP contribution in [0, 0.1) is 6.92 Å². The van der Waals surface area contributed by atoms with Gasteiger partial charge in [-0.15, -0.1) is 0 Å². The summed E-state index contributed by atoms with van der Waals surface area (Å²) in [5, 5.41) is 3.19. The smallest absolute Gasteiger partial charge is 0.0723 e. The third-order valence-electron chi connectivity index (χ3n) is 3.56. The molecular weight excluding hydrogens is 224 g/mol. The number of benzene rings is 1. The topological polar surface area (TPSA) is 24.5 Å². The molecule has 1 fully saturated rings. The zero-order valence-electron chi connectivity index (χ0n) is 11.9. The number of hydrogen-bond donors (Lipinski definition) is 1. The van der Waals surface area contributed by atoms with E-state index in [1.807, 2.05) is 7.05 Å². The van der Waals surface area contributed by atoms with Crippen molar-refractivity contribution >= 4 is 5.69 Å². The molecule has 0 bridgehead atoms. The van der Waals surface area contributed by atoms with Gasteiger partial charge in [-0.1, -0.05) is 12.1 Å². The van der Waals surface area contributed by atoms with Crippen LogP contribution in [0.25, 0.3) is 0 Å². The van der Waals surface area contributed by atoms with E-state index >= 15 is 0 Å². The fourth-order valence-electron chi connectivity index (χ4n) is 2.59. The molecule has 2 unspecified atom stereocenters. The Morgan fingerprint density at radius 3 is 2.83 bits per heavy atom. The minimum absolute atomic E-state index is 0.317. The Balaban J connectivity index is 2.21. The number of morpholine rings is 1. The molecule has 0 radical (unpaired) electrons. The van der Waals surface area contributed by atoms with Gasteiger partial charge in [-0.2, -0.15) is 0 Å². The lowest BCUT2D eigenvalue weighted by Gasteiger charge is -2.39. The normalized spacial score (nSPS) is 24.3. The maximum Gasteiger partial charge on any atom is 0.0723 e. The molecule has 18 heavy (non-hydrogen) atoms. The van der Waals surface area contributed by atoms with Gasteiger partial charge in [0, 0.05) is 24.8 Å². The lowest BCUT2D eigenvalue weighted by atomic mass is 10.1. The zero-order chi connectivity index (χ0) is 13.1. The molecule has 2 atom stereocenters. The van der Waals surface area contributed by atoms with Crippen LogP contribution in [0.5, 0.6) is 0 Å². The highest BCUT2D eigenvalue weighted by Gasteiger charge is 2.24. The van der Waals surface area contributed by atoms with E-state index in [1.165, 1.54) is 16.8 Å². The first-order chi connectivity index (χ1) is 8.61.